The molecular formula is C15H16BrNO2S2. The number of nitrogens with one attached hydrogen (secondary N) is 1. The van der Waals surface area contributed by atoms with Gasteiger partial charge >= 0.3 is 0 Å². The standard InChI is InChI=1S/C15H16BrNO2S2/c1-10-9-14(20-15(10)16)21(18,19)17-13-8-4-6-11-5-2-3-7-12(11)13/h2-3,5,7,9,13,17H,4,6,8H2,1H3. The summed E-state index contributed by atoms with van der Waals surface area (Å²) >= 11 is 4.64. The highest BCUT2D eigenvalue weighted by Gasteiger charge is 2.26. The van der Waals surface area contributed by atoms with Crippen LogP contribution in [0.1, 0.15) is 35.6 Å². The van der Waals surface area contributed by atoms with E-state index in [-0.39, 0.29) is 6.04 Å². The zero-order valence-corrected chi connectivity index (χ0v) is 14.8. The summed E-state index contributed by atoms with van der Waals surface area (Å²) in [7, 11) is -3.47. The van der Waals surface area contributed by atoms with E-state index < -0.39 is 10.0 Å². The third-order valence-corrected chi connectivity index (χ3v) is 7.85. The summed E-state index contributed by atoms with van der Waals surface area (Å²) in [6, 6.07) is 9.68. The molecule has 1 aromatic heterocycles. The van der Waals surface area contributed by atoms with E-state index in [9.17, 15) is 8.42 Å². The van der Waals surface area contributed by atoms with Crippen molar-refractivity contribution >= 4 is 37.3 Å². The predicted molar refractivity (Wildman–Crippen MR) is 89.2 cm³/mol. The quantitative estimate of drug-likeness (QED) is 0.861. The number of aryl methyl sites for hydroxylation is 2. The van der Waals surface area contributed by atoms with Crippen LogP contribution >= 0.6 is 27.3 Å². The molecule has 1 unspecified atom stereocenters. The number of hydrogen-bond acceptors (Lipinski definition) is 3. The summed E-state index contributed by atoms with van der Waals surface area (Å²) in [5.74, 6) is 0. The van der Waals surface area contributed by atoms with Gasteiger partial charge in [-0.05, 0) is 64.9 Å². The van der Waals surface area contributed by atoms with Crippen LogP contribution in [-0.2, 0) is 16.4 Å². The minimum atomic E-state index is -3.47. The molecule has 1 aliphatic rings. The van der Waals surface area contributed by atoms with Crippen LogP contribution in [0.2, 0.25) is 0 Å². The van der Waals surface area contributed by atoms with Crippen LogP contribution in [0.15, 0.2) is 38.3 Å². The van der Waals surface area contributed by atoms with Crippen molar-refractivity contribution in [1.29, 1.82) is 0 Å². The lowest BCUT2D eigenvalue weighted by molar-refractivity contribution is 0.508. The van der Waals surface area contributed by atoms with E-state index in [2.05, 4.69) is 26.7 Å². The molecule has 0 fully saturated rings. The van der Waals surface area contributed by atoms with E-state index in [0.29, 0.717) is 4.21 Å². The SMILES string of the molecule is Cc1cc(S(=O)(=O)NC2CCCc3ccccc32)sc1Br. The van der Waals surface area contributed by atoms with Gasteiger partial charge in [0, 0.05) is 6.04 Å². The lowest BCUT2D eigenvalue weighted by Crippen LogP contribution is -2.30. The molecule has 0 aliphatic heterocycles. The second kappa shape index (κ2) is 5.83. The second-order valence-electron chi connectivity index (χ2n) is 5.29. The van der Waals surface area contributed by atoms with Gasteiger partial charge in [0.15, 0.2) is 0 Å². The van der Waals surface area contributed by atoms with Crippen molar-refractivity contribution in [3.05, 3.63) is 50.8 Å². The van der Waals surface area contributed by atoms with Crippen molar-refractivity contribution < 1.29 is 8.42 Å². The maximum Gasteiger partial charge on any atom is 0.250 e. The van der Waals surface area contributed by atoms with Gasteiger partial charge < -0.3 is 0 Å². The minimum Gasteiger partial charge on any atom is -0.206 e. The first-order valence-corrected chi connectivity index (χ1v) is 9.93. The number of halogens is 1. The van der Waals surface area contributed by atoms with Gasteiger partial charge in [-0.15, -0.1) is 11.3 Å². The molecule has 1 aromatic carbocycles. The topological polar surface area (TPSA) is 46.2 Å². The summed E-state index contributed by atoms with van der Waals surface area (Å²) in [6.07, 6.45) is 2.89. The molecule has 21 heavy (non-hydrogen) atoms. The van der Waals surface area contributed by atoms with E-state index in [1.807, 2.05) is 25.1 Å². The zero-order valence-electron chi connectivity index (χ0n) is 11.6. The average Bonchev–Trinajstić information content (AvgIpc) is 2.80. The number of benzene rings is 1. The third kappa shape index (κ3) is 3.08. The first-order chi connectivity index (χ1) is 9.97. The Labute approximate surface area is 137 Å². The molecule has 0 spiro atoms. The van der Waals surface area contributed by atoms with Crippen LogP contribution in [-0.4, -0.2) is 8.42 Å². The Kier molecular flexibility index (Phi) is 4.23. The lowest BCUT2D eigenvalue weighted by Gasteiger charge is -2.25. The molecule has 1 N–H and O–H groups in total. The van der Waals surface area contributed by atoms with Crippen LogP contribution in [0.5, 0.6) is 0 Å². The zero-order chi connectivity index (χ0) is 15.0. The predicted octanol–water partition coefficient (Wildman–Crippen LogP) is 4.17. The van der Waals surface area contributed by atoms with Crippen molar-refractivity contribution in [1.82, 2.24) is 4.72 Å². The van der Waals surface area contributed by atoms with Crippen LogP contribution in [0.3, 0.4) is 0 Å². The normalized spacial score (nSPS) is 18.5. The largest absolute Gasteiger partial charge is 0.250 e. The highest BCUT2D eigenvalue weighted by molar-refractivity contribution is 9.11. The van der Waals surface area contributed by atoms with Crippen molar-refractivity contribution in [3.63, 3.8) is 0 Å². The van der Waals surface area contributed by atoms with Crippen LogP contribution < -0.4 is 4.72 Å². The summed E-state index contributed by atoms with van der Waals surface area (Å²) in [4.78, 5) is 0. The molecular weight excluding hydrogens is 370 g/mol. The molecule has 0 radical (unpaired) electrons. The van der Waals surface area contributed by atoms with Gasteiger partial charge in [-0.25, -0.2) is 13.1 Å². The molecule has 3 rings (SSSR count). The van der Waals surface area contributed by atoms with Crippen molar-refractivity contribution in [2.24, 2.45) is 0 Å². The monoisotopic (exact) mass is 385 g/mol. The fraction of sp³-hybridized carbons (Fsp3) is 0.333. The maximum atomic E-state index is 12.6. The fourth-order valence-electron chi connectivity index (χ4n) is 2.69. The molecule has 3 nitrogen and oxygen atoms in total. The van der Waals surface area contributed by atoms with Gasteiger partial charge in [0.1, 0.15) is 4.21 Å². The lowest BCUT2D eigenvalue weighted by atomic mass is 9.88. The Hall–Kier alpha value is -0.690. The highest BCUT2D eigenvalue weighted by atomic mass is 79.9. The van der Waals surface area contributed by atoms with Crippen LogP contribution in [0.25, 0.3) is 0 Å². The summed E-state index contributed by atoms with van der Waals surface area (Å²) < 4.78 is 29.2. The number of hydrogen-bond donors (Lipinski definition) is 1. The first kappa shape index (κ1) is 15.2. The molecule has 0 bridgehead atoms. The van der Waals surface area contributed by atoms with Crippen LogP contribution in [0, 0.1) is 6.92 Å². The van der Waals surface area contributed by atoms with E-state index >= 15 is 0 Å². The molecule has 1 aliphatic carbocycles. The molecule has 0 amide bonds. The fourth-order valence-corrected chi connectivity index (χ4v) is 6.18. The Bertz CT molecular complexity index is 748. The number of fused-ring (bicyclic) bond motifs is 1. The molecule has 1 atom stereocenters. The van der Waals surface area contributed by atoms with E-state index in [4.69, 9.17) is 0 Å². The Morgan fingerprint density at radius 3 is 2.81 bits per heavy atom. The Morgan fingerprint density at radius 1 is 1.33 bits per heavy atom. The summed E-state index contributed by atoms with van der Waals surface area (Å²) in [5, 5.41) is 0. The second-order valence-corrected chi connectivity index (χ2v) is 9.60. The first-order valence-electron chi connectivity index (χ1n) is 6.83. The van der Waals surface area contributed by atoms with Gasteiger partial charge in [0.05, 0.1) is 3.79 Å². The van der Waals surface area contributed by atoms with Gasteiger partial charge in [-0.1, -0.05) is 24.3 Å². The Morgan fingerprint density at radius 2 is 2.10 bits per heavy atom. The van der Waals surface area contributed by atoms with E-state index in [1.165, 1.54) is 16.9 Å². The van der Waals surface area contributed by atoms with E-state index in [0.717, 1.165) is 34.2 Å². The van der Waals surface area contributed by atoms with E-state index in [1.54, 1.807) is 6.07 Å². The molecule has 0 saturated carbocycles. The number of thiophene rings is 1. The van der Waals surface area contributed by atoms with Gasteiger partial charge in [0.2, 0.25) is 0 Å². The molecule has 0 saturated heterocycles. The third-order valence-electron chi connectivity index (χ3n) is 3.77. The minimum absolute atomic E-state index is 0.124. The van der Waals surface area contributed by atoms with Crippen molar-refractivity contribution in [3.8, 4) is 0 Å². The maximum absolute atomic E-state index is 12.6. The Balaban J connectivity index is 1.90. The number of rotatable bonds is 3. The summed E-state index contributed by atoms with van der Waals surface area (Å²) in [5.41, 5.74) is 3.31. The van der Waals surface area contributed by atoms with Gasteiger partial charge in [0.25, 0.3) is 10.0 Å². The molecule has 6 heteroatoms. The summed E-state index contributed by atoms with van der Waals surface area (Å²) in [6.45, 7) is 1.90. The van der Waals surface area contributed by atoms with Gasteiger partial charge in [-0.3, -0.25) is 0 Å². The average molecular weight is 386 g/mol. The highest BCUT2D eigenvalue weighted by Crippen LogP contribution is 2.34. The van der Waals surface area contributed by atoms with Gasteiger partial charge in [-0.2, -0.15) is 0 Å². The molecule has 112 valence electrons. The van der Waals surface area contributed by atoms with Crippen molar-refractivity contribution in [2.45, 2.75) is 36.4 Å². The van der Waals surface area contributed by atoms with Crippen LogP contribution in [0.4, 0.5) is 0 Å². The molecule has 1 heterocycles. The number of sulfonamides is 1. The van der Waals surface area contributed by atoms with Crippen molar-refractivity contribution in [2.75, 3.05) is 0 Å². The molecule has 2 aromatic rings. The smallest absolute Gasteiger partial charge is 0.206 e.